The first-order valence-corrected chi connectivity index (χ1v) is 6.81. The lowest BCUT2D eigenvalue weighted by Crippen LogP contribution is -2.27. The Morgan fingerprint density at radius 1 is 1.35 bits per heavy atom. The molecule has 0 aliphatic heterocycles. The van der Waals surface area contributed by atoms with E-state index in [0.717, 1.165) is 16.9 Å². The fourth-order valence-electron chi connectivity index (χ4n) is 2.04. The lowest BCUT2D eigenvalue weighted by molar-refractivity contribution is -0.137. The summed E-state index contributed by atoms with van der Waals surface area (Å²) in [5.74, 6) is 0.224. The standard InChI is InChI=1S/C14H14F3N5O/c1-2-21(6-7-23)13-12(9-18)19-22(20-13)11-5-3-4-10(8-11)14(15,16)17/h3-5,8,23H,2,6-7H2,1H3. The molecule has 2 rings (SSSR count). The predicted molar refractivity (Wildman–Crippen MR) is 76.0 cm³/mol. The van der Waals surface area contributed by atoms with Crippen LogP contribution in [0.25, 0.3) is 5.69 Å². The van der Waals surface area contributed by atoms with E-state index in [1.807, 2.05) is 6.07 Å². The van der Waals surface area contributed by atoms with Crippen molar-refractivity contribution >= 4 is 5.82 Å². The van der Waals surface area contributed by atoms with Crippen molar-refractivity contribution in [2.24, 2.45) is 0 Å². The molecule has 6 nitrogen and oxygen atoms in total. The number of aliphatic hydroxyl groups is 1. The minimum absolute atomic E-state index is 0.0160. The third-order valence-corrected chi connectivity index (χ3v) is 3.16. The molecule has 1 aromatic heterocycles. The quantitative estimate of drug-likeness (QED) is 0.909. The second-order valence-corrected chi connectivity index (χ2v) is 4.62. The second-order valence-electron chi connectivity index (χ2n) is 4.62. The molecule has 9 heteroatoms. The fraction of sp³-hybridized carbons (Fsp3) is 0.357. The highest BCUT2D eigenvalue weighted by molar-refractivity contribution is 5.50. The third-order valence-electron chi connectivity index (χ3n) is 3.16. The number of alkyl halides is 3. The van der Waals surface area contributed by atoms with Gasteiger partial charge in [-0.3, -0.25) is 0 Å². The maximum atomic E-state index is 12.8. The molecule has 122 valence electrons. The van der Waals surface area contributed by atoms with Gasteiger partial charge in [-0.15, -0.1) is 15.0 Å². The zero-order valence-corrected chi connectivity index (χ0v) is 12.2. The summed E-state index contributed by atoms with van der Waals surface area (Å²) in [5.41, 5.74) is -0.740. The largest absolute Gasteiger partial charge is 0.416 e. The Hall–Kier alpha value is -2.60. The van der Waals surface area contributed by atoms with Crippen molar-refractivity contribution in [1.29, 1.82) is 5.26 Å². The molecule has 1 N–H and O–H groups in total. The summed E-state index contributed by atoms with van der Waals surface area (Å²) < 4.78 is 38.3. The Bertz CT molecular complexity index is 720. The summed E-state index contributed by atoms with van der Waals surface area (Å²) in [4.78, 5) is 2.61. The molecular formula is C14H14F3N5O. The molecule has 0 aliphatic carbocycles. The lowest BCUT2D eigenvalue weighted by Gasteiger charge is -2.18. The van der Waals surface area contributed by atoms with Gasteiger partial charge in [-0.25, -0.2) is 0 Å². The number of rotatable bonds is 5. The van der Waals surface area contributed by atoms with Crippen molar-refractivity contribution in [3.8, 4) is 11.8 Å². The van der Waals surface area contributed by atoms with Crippen molar-refractivity contribution in [3.05, 3.63) is 35.5 Å². The van der Waals surface area contributed by atoms with Crippen LogP contribution in [0, 0.1) is 11.3 Å². The van der Waals surface area contributed by atoms with Gasteiger partial charge in [0, 0.05) is 13.1 Å². The van der Waals surface area contributed by atoms with Gasteiger partial charge >= 0.3 is 6.18 Å². The molecule has 0 bridgehead atoms. The van der Waals surface area contributed by atoms with E-state index in [0.29, 0.717) is 6.54 Å². The summed E-state index contributed by atoms with van der Waals surface area (Å²) in [6.45, 7) is 2.37. The maximum absolute atomic E-state index is 12.8. The van der Waals surface area contributed by atoms with Gasteiger partial charge in [0.15, 0.2) is 5.82 Å². The van der Waals surface area contributed by atoms with Gasteiger partial charge in [0.2, 0.25) is 5.69 Å². The van der Waals surface area contributed by atoms with Crippen LogP contribution >= 0.6 is 0 Å². The van der Waals surface area contributed by atoms with Gasteiger partial charge in [0.25, 0.3) is 0 Å². The smallest absolute Gasteiger partial charge is 0.395 e. The highest BCUT2D eigenvalue weighted by Gasteiger charge is 2.30. The first-order valence-electron chi connectivity index (χ1n) is 6.81. The predicted octanol–water partition coefficient (Wildman–Crippen LogP) is 1.98. The molecule has 0 atom stereocenters. The van der Waals surface area contributed by atoms with Crippen LogP contribution in [0.5, 0.6) is 0 Å². The molecule has 0 unspecified atom stereocenters. The Kier molecular flexibility index (Phi) is 4.86. The number of hydrogen-bond acceptors (Lipinski definition) is 5. The highest BCUT2D eigenvalue weighted by Crippen LogP contribution is 2.30. The number of anilines is 1. The lowest BCUT2D eigenvalue weighted by atomic mass is 10.2. The Balaban J connectivity index is 2.46. The van der Waals surface area contributed by atoms with Gasteiger partial charge < -0.3 is 10.0 Å². The number of nitriles is 1. The average Bonchev–Trinajstić information content (AvgIpc) is 2.96. The van der Waals surface area contributed by atoms with Crippen molar-refractivity contribution in [2.75, 3.05) is 24.6 Å². The van der Waals surface area contributed by atoms with Crippen LogP contribution in [-0.2, 0) is 6.18 Å². The normalized spacial score (nSPS) is 11.3. The van der Waals surface area contributed by atoms with E-state index in [-0.39, 0.29) is 30.4 Å². The molecule has 0 saturated heterocycles. The van der Waals surface area contributed by atoms with E-state index in [9.17, 15) is 13.2 Å². The SMILES string of the molecule is CCN(CCO)c1nn(-c2cccc(C(F)(F)F)c2)nc1C#N. The Morgan fingerprint density at radius 3 is 2.65 bits per heavy atom. The van der Waals surface area contributed by atoms with E-state index in [1.54, 1.807) is 11.8 Å². The molecule has 1 heterocycles. The number of nitrogens with zero attached hydrogens (tertiary/aromatic N) is 5. The minimum Gasteiger partial charge on any atom is -0.395 e. The van der Waals surface area contributed by atoms with Crippen LogP contribution in [0.3, 0.4) is 0 Å². The van der Waals surface area contributed by atoms with Crippen LogP contribution in [0.15, 0.2) is 24.3 Å². The minimum atomic E-state index is -4.48. The van der Waals surface area contributed by atoms with Crippen molar-refractivity contribution < 1.29 is 18.3 Å². The number of hydrogen-bond donors (Lipinski definition) is 1. The summed E-state index contributed by atoms with van der Waals surface area (Å²) in [6, 6.07) is 6.39. The van der Waals surface area contributed by atoms with Gasteiger partial charge in [0.05, 0.1) is 17.9 Å². The summed E-state index contributed by atoms with van der Waals surface area (Å²) >= 11 is 0. The van der Waals surface area contributed by atoms with Crippen LogP contribution in [0.4, 0.5) is 19.0 Å². The number of halogens is 3. The Labute approximate surface area is 130 Å². The molecule has 0 saturated carbocycles. The zero-order valence-electron chi connectivity index (χ0n) is 12.2. The molecule has 0 amide bonds. The fourth-order valence-corrected chi connectivity index (χ4v) is 2.04. The summed E-state index contributed by atoms with van der Waals surface area (Å²) in [6.07, 6.45) is -4.48. The monoisotopic (exact) mass is 325 g/mol. The number of aliphatic hydroxyl groups excluding tert-OH is 1. The van der Waals surface area contributed by atoms with Gasteiger partial charge in [0.1, 0.15) is 6.07 Å². The van der Waals surface area contributed by atoms with E-state index in [2.05, 4.69) is 10.2 Å². The molecular weight excluding hydrogens is 311 g/mol. The number of likely N-dealkylation sites (N-methyl/N-ethyl adjacent to an activating group) is 1. The molecule has 2 aromatic rings. The van der Waals surface area contributed by atoms with Crippen LogP contribution < -0.4 is 4.90 Å². The van der Waals surface area contributed by atoms with Crippen LogP contribution in [0.2, 0.25) is 0 Å². The van der Waals surface area contributed by atoms with E-state index in [4.69, 9.17) is 10.4 Å². The van der Waals surface area contributed by atoms with Crippen LogP contribution in [-0.4, -0.2) is 39.8 Å². The third kappa shape index (κ3) is 3.60. The first-order chi connectivity index (χ1) is 10.9. The maximum Gasteiger partial charge on any atom is 0.416 e. The molecule has 1 aromatic carbocycles. The summed E-state index contributed by atoms with van der Waals surface area (Å²) in [5, 5.41) is 26.2. The number of benzene rings is 1. The summed E-state index contributed by atoms with van der Waals surface area (Å²) in [7, 11) is 0. The number of aromatic nitrogens is 3. The Morgan fingerprint density at radius 2 is 2.09 bits per heavy atom. The van der Waals surface area contributed by atoms with Crippen molar-refractivity contribution in [2.45, 2.75) is 13.1 Å². The molecule has 0 spiro atoms. The first kappa shape index (κ1) is 16.8. The van der Waals surface area contributed by atoms with E-state index < -0.39 is 11.7 Å². The average molecular weight is 325 g/mol. The molecule has 0 aliphatic rings. The topological polar surface area (TPSA) is 78.0 Å². The van der Waals surface area contributed by atoms with Gasteiger partial charge in [-0.2, -0.15) is 18.4 Å². The van der Waals surface area contributed by atoms with Crippen LogP contribution in [0.1, 0.15) is 18.2 Å². The highest BCUT2D eigenvalue weighted by atomic mass is 19.4. The molecule has 0 radical (unpaired) electrons. The second kappa shape index (κ2) is 6.66. The zero-order chi connectivity index (χ0) is 17.0. The molecule has 0 fully saturated rings. The van der Waals surface area contributed by atoms with E-state index >= 15 is 0 Å². The van der Waals surface area contributed by atoms with Gasteiger partial charge in [-0.05, 0) is 25.1 Å². The molecule has 23 heavy (non-hydrogen) atoms. The van der Waals surface area contributed by atoms with Gasteiger partial charge in [-0.1, -0.05) is 6.07 Å². The van der Waals surface area contributed by atoms with Crippen molar-refractivity contribution in [1.82, 2.24) is 15.0 Å². The van der Waals surface area contributed by atoms with E-state index in [1.165, 1.54) is 12.1 Å². The van der Waals surface area contributed by atoms with Crippen molar-refractivity contribution in [3.63, 3.8) is 0 Å².